The van der Waals surface area contributed by atoms with Crippen LogP contribution < -0.4 is 10.6 Å². The highest BCUT2D eigenvalue weighted by molar-refractivity contribution is 14.0. The van der Waals surface area contributed by atoms with Crippen LogP contribution in [0.3, 0.4) is 0 Å². The van der Waals surface area contributed by atoms with E-state index in [0.29, 0.717) is 6.54 Å². The third-order valence-electron chi connectivity index (χ3n) is 3.15. The third-order valence-corrected chi connectivity index (χ3v) is 4.27. The molecule has 23 heavy (non-hydrogen) atoms. The van der Waals surface area contributed by atoms with Gasteiger partial charge in [0.2, 0.25) is 0 Å². The highest BCUT2D eigenvalue weighted by atomic mass is 127. The molecule has 1 heterocycles. The Kier molecular flexibility index (Phi) is 11.0. The molecule has 134 valence electrons. The number of nitrogens with one attached hydrogen (secondary N) is 2. The van der Waals surface area contributed by atoms with Crippen LogP contribution in [0.4, 0.5) is 0 Å². The zero-order valence-corrected chi connectivity index (χ0v) is 18.4. The van der Waals surface area contributed by atoms with Gasteiger partial charge in [0.25, 0.3) is 0 Å². The number of thiazole rings is 1. The summed E-state index contributed by atoms with van der Waals surface area (Å²) in [5.41, 5.74) is 0.191. The molecular weight excluding hydrogens is 421 g/mol. The van der Waals surface area contributed by atoms with Crippen molar-refractivity contribution in [1.29, 1.82) is 0 Å². The fourth-order valence-electron chi connectivity index (χ4n) is 2.31. The van der Waals surface area contributed by atoms with E-state index in [0.717, 1.165) is 37.0 Å². The molecule has 0 fully saturated rings. The molecule has 0 aliphatic heterocycles. The largest absolute Gasteiger partial charge is 0.357 e. The molecule has 1 rings (SSSR count). The standard InChI is InChI=1S/C16H31N5S.HI/c1-7-13-9-18-14(22-13)10-19-15(17-8-2)20-11-16(3,4)12-21(5)6;/h9H,7-8,10-12H2,1-6H3,(H2,17,19,20);1H. The Balaban J connectivity index is 0.00000484. The number of halogens is 1. The van der Waals surface area contributed by atoms with Crippen molar-refractivity contribution in [1.82, 2.24) is 20.5 Å². The van der Waals surface area contributed by atoms with Crippen molar-refractivity contribution >= 4 is 41.3 Å². The Bertz CT molecular complexity index is 471. The topological polar surface area (TPSA) is 52.6 Å². The van der Waals surface area contributed by atoms with Gasteiger partial charge in [0.15, 0.2) is 5.96 Å². The van der Waals surface area contributed by atoms with Gasteiger partial charge in [0.05, 0.1) is 6.54 Å². The van der Waals surface area contributed by atoms with E-state index in [4.69, 9.17) is 0 Å². The van der Waals surface area contributed by atoms with Crippen molar-refractivity contribution in [2.45, 2.75) is 40.7 Å². The first-order valence-corrected chi connectivity index (χ1v) is 8.78. The van der Waals surface area contributed by atoms with Gasteiger partial charge in [-0.2, -0.15) is 0 Å². The number of aromatic nitrogens is 1. The van der Waals surface area contributed by atoms with Gasteiger partial charge >= 0.3 is 0 Å². The second-order valence-corrected chi connectivity index (χ2v) is 7.72. The second-order valence-electron chi connectivity index (χ2n) is 6.52. The molecule has 0 aromatic carbocycles. The number of hydrogen-bond acceptors (Lipinski definition) is 4. The maximum atomic E-state index is 4.64. The van der Waals surface area contributed by atoms with Crippen molar-refractivity contribution in [2.75, 3.05) is 33.7 Å². The summed E-state index contributed by atoms with van der Waals surface area (Å²) in [5.74, 6) is 0.863. The maximum absolute atomic E-state index is 4.64. The number of nitrogens with zero attached hydrogens (tertiary/aromatic N) is 3. The average Bonchev–Trinajstić information content (AvgIpc) is 2.88. The van der Waals surface area contributed by atoms with Gasteiger partial charge in [-0.15, -0.1) is 35.3 Å². The van der Waals surface area contributed by atoms with Crippen molar-refractivity contribution < 1.29 is 0 Å². The van der Waals surface area contributed by atoms with Crippen LogP contribution in [0.15, 0.2) is 11.2 Å². The molecule has 0 atom stereocenters. The first kappa shape index (κ1) is 22.6. The van der Waals surface area contributed by atoms with Crippen molar-refractivity contribution in [3.8, 4) is 0 Å². The zero-order chi connectivity index (χ0) is 16.6. The number of aliphatic imine (C=N–C) groups is 1. The van der Waals surface area contributed by atoms with Crippen LogP contribution in [0, 0.1) is 5.41 Å². The first-order chi connectivity index (χ1) is 10.4. The molecule has 0 saturated heterocycles. The van der Waals surface area contributed by atoms with E-state index >= 15 is 0 Å². The van der Waals surface area contributed by atoms with Crippen LogP contribution in [0.2, 0.25) is 0 Å². The number of rotatable bonds is 8. The minimum atomic E-state index is 0. The van der Waals surface area contributed by atoms with E-state index in [9.17, 15) is 0 Å². The fraction of sp³-hybridized carbons (Fsp3) is 0.750. The van der Waals surface area contributed by atoms with Gasteiger partial charge in [0.1, 0.15) is 5.01 Å². The lowest BCUT2D eigenvalue weighted by Gasteiger charge is -2.29. The normalized spacial score (nSPS) is 12.2. The molecule has 0 amide bonds. The van der Waals surface area contributed by atoms with Crippen LogP contribution in [-0.2, 0) is 13.0 Å². The van der Waals surface area contributed by atoms with Gasteiger partial charge in [-0.05, 0) is 32.9 Å². The molecular formula is C16H32IN5S. The SMILES string of the molecule is CCNC(=NCc1ncc(CC)s1)NCC(C)(C)CN(C)C.I. The Morgan fingerprint density at radius 3 is 2.52 bits per heavy atom. The predicted octanol–water partition coefficient (Wildman–Crippen LogP) is 2.97. The van der Waals surface area contributed by atoms with Crippen LogP contribution >= 0.6 is 35.3 Å². The summed E-state index contributed by atoms with van der Waals surface area (Å²) in [7, 11) is 4.21. The highest BCUT2D eigenvalue weighted by Crippen LogP contribution is 2.15. The van der Waals surface area contributed by atoms with Gasteiger partial charge in [-0.3, -0.25) is 0 Å². The van der Waals surface area contributed by atoms with Crippen LogP contribution in [0.1, 0.15) is 37.6 Å². The molecule has 0 bridgehead atoms. The first-order valence-electron chi connectivity index (χ1n) is 7.96. The summed E-state index contributed by atoms with van der Waals surface area (Å²) in [5, 5.41) is 7.82. The second kappa shape index (κ2) is 11.2. The maximum Gasteiger partial charge on any atom is 0.191 e. The van der Waals surface area contributed by atoms with E-state index in [2.05, 4.69) is 67.3 Å². The zero-order valence-electron chi connectivity index (χ0n) is 15.3. The van der Waals surface area contributed by atoms with Crippen molar-refractivity contribution in [3.63, 3.8) is 0 Å². The number of guanidine groups is 1. The molecule has 0 aliphatic rings. The number of hydrogen-bond donors (Lipinski definition) is 2. The lowest BCUT2D eigenvalue weighted by atomic mass is 9.93. The predicted molar refractivity (Wildman–Crippen MR) is 112 cm³/mol. The molecule has 0 radical (unpaired) electrons. The molecule has 5 nitrogen and oxygen atoms in total. The summed E-state index contributed by atoms with van der Waals surface area (Å²) < 4.78 is 0. The summed E-state index contributed by atoms with van der Waals surface area (Å²) in [6.45, 7) is 12.2. The Morgan fingerprint density at radius 2 is 2.00 bits per heavy atom. The lowest BCUT2D eigenvalue weighted by molar-refractivity contribution is 0.241. The van der Waals surface area contributed by atoms with Gasteiger partial charge in [-0.1, -0.05) is 20.8 Å². The molecule has 2 N–H and O–H groups in total. The third kappa shape index (κ3) is 9.46. The van der Waals surface area contributed by atoms with E-state index in [1.165, 1.54) is 4.88 Å². The van der Waals surface area contributed by atoms with Gasteiger partial charge in [-0.25, -0.2) is 9.98 Å². The molecule has 0 saturated carbocycles. The summed E-state index contributed by atoms with van der Waals surface area (Å²) in [6.07, 6.45) is 2.99. The Morgan fingerprint density at radius 1 is 1.30 bits per heavy atom. The lowest BCUT2D eigenvalue weighted by Crippen LogP contribution is -2.44. The average molecular weight is 453 g/mol. The van der Waals surface area contributed by atoms with Crippen molar-refractivity contribution in [3.05, 3.63) is 16.1 Å². The van der Waals surface area contributed by atoms with Crippen molar-refractivity contribution in [2.24, 2.45) is 10.4 Å². The summed E-state index contributed by atoms with van der Waals surface area (Å²) in [6, 6.07) is 0. The van der Waals surface area contributed by atoms with Crippen LogP contribution in [-0.4, -0.2) is 49.6 Å². The van der Waals surface area contributed by atoms with Crippen LogP contribution in [0.25, 0.3) is 0 Å². The molecule has 0 unspecified atom stereocenters. The van der Waals surface area contributed by atoms with Crippen LogP contribution in [0.5, 0.6) is 0 Å². The Labute approximate surface area is 162 Å². The van der Waals surface area contributed by atoms with Gasteiger partial charge in [0, 0.05) is 30.7 Å². The summed E-state index contributed by atoms with van der Waals surface area (Å²) in [4.78, 5) is 12.6. The highest BCUT2D eigenvalue weighted by Gasteiger charge is 2.19. The van der Waals surface area contributed by atoms with E-state index in [1.54, 1.807) is 11.3 Å². The molecule has 0 aliphatic carbocycles. The Hall–Kier alpha value is -0.410. The molecule has 0 spiro atoms. The van der Waals surface area contributed by atoms with Gasteiger partial charge < -0.3 is 15.5 Å². The fourth-order valence-corrected chi connectivity index (χ4v) is 3.09. The quantitative estimate of drug-likeness (QED) is 0.361. The minimum Gasteiger partial charge on any atom is -0.357 e. The molecule has 7 heteroatoms. The minimum absolute atomic E-state index is 0. The molecule has 1 aromatic rings. The smallest absolute Gasteiger partial charge is 0.191 e. The number of aryl methyl sites for hydroxylation is 1. The molecule has 1 aromatic heterocycles. The van der Waals surface area contributed by atoms with E-state index in [-0.39, 0.29) is 29.4 Å². The van der Waals surface area contributed by atoms with E-state index < -0.39 is 0 Å². The van der Waals surface area contributed by atoms with E-state index in [1.807, 2.05) is 6.20 Å². The monoisotopic (exact) mass is 453 g/mol. The summed E-state index contributed by atoms with van der Waals surface area (Å²) >= 11 is 1.74.